The maximum Gasteiger partial charge on any atom is 0.341 e. The third-order valence-corrected chi connectivity index (χ3v) is 7.30. The summed E-state index contributed by atoms with van der Waals surface area (Å²) in [6.45, 7) is 1.62. The van der Waals surface area contributed by atoms with E-state index in [2.05, 4.69) is 25.7 Å². The SMILES string of the molecule is CCOC(=O)C=Cc1ccc(-c2nc(-c3ccc(OCC(=O)O)cc3)c(-c3ccc(C=CC(=O)Nc4ccc5nn[nH]c5c4)cc3)[nH]2)cc1. The number of hydrogen-bond acceptors (Lipinski definition) is 8. The van der Waals surface area contributed by atoms with Crippen molar-refractivity contribution < 1.29 is 29.0 Å². The third-order valence-electron chi connectivity index (χ3n) is 7.30. The highest BCUT2D eigenvalue weighted by molar-refractivity contribution is 6.02. The van der Waals surface area contributed by atoms with Gasteiger partial charge in [0.1, 0.15) is 17.1 Å². The largest absolute Gasteiger partial charge is 0.482 e. The van der Waals surface area contributed by atoms with Crippen molar-refractivity contribution in [1.82, 2.24) is 25.4 Å². The lowest BCUT2D eigenvalue weighted by Gasteiger charge is -2.06. The fraction of sp³-hybridized carbons (Fsp3) is 0.0811. The number of aromatic amines is 2. The van der Waals surface area contributed by atoms with Gasteiger partial charge in [-0.05, 0) is 72.7 Å². The van der Waals surface area contributed by atoms with E-state index in [1.807, 2.05) is 60.7 Å². The van der Waals surface area contributed by atoms with Gasteiger partial charge in [0.2, 0.25) is 5.91 Å². The quantitative estimate of drug-likeness (QED) is 0.0864. The first kappa shape index (κ1) is 32.1. The molecule has 0 unspecified atom stereocenters. The molecule has 12 heteroatoms. The topological polar surface area (TPSA) is 172 Å². The number of rotatable bonds is 12. The minimum absolute atomic E-state index is 0.283. The average Bonchev–Trinajstić information content (AvgIpc) is 3.78. The number of carbonyl (C=O) groups excluding carboxylic acids is 2. The van der Waals surface area contributed by atoms with Crippen molar-refractivity contribution in [2.75, 3.05) is 18.5 Å². The molecule has 1 amide bonds. The van der Waals surface area contributed by atoms with Crippen molar-refractivity contribution in [2.45, 2.75) is 6.92 Å². The zero-order chi connectivity index (χ0) is 34.2. The molecule has 6 aromatic rings. The molecule has 0 saturated carbocycles. The Balaban J connectivity index is 1.24. The first-order valence-corrected chi connectivity index (χ1v) is 15.3. The molecule has 0 aliphatic carbocycles. The maximum absolute atomic E-state index is 12.6. The van der Waals surface area contributed by atoms with Crippen LogP contribution in [0.15, 0.2) is 103 Å². The van der Waals surface area contributed by atoms with Gasteiger partial charge in [-0.1, -0.05) is 53.7 Å². The van der Waals surface area contributed by atoms with Crippen molar-refractivity contribution in [3.05, 3.63) is 114 Å². The molecule has 6 rings (SSSR count). The molecular weight excluding hydrogens is 624 g/mol. The fourth-order valence-electron chi connectivity index (χ4n) is 4.93. The highest BCUT2D eigenvalue weighted by atomic mass is 16.5. The lowest BCUT2D eigenvalue weighted by Crippen LogP contribution is -2.09. The highest BCUT2D eigenvalue weighted by Gasteiger charge is 2.16. The van der Waals surface area contributed by atoms with E-state index in [1.54, 1.807) is 49.4 Å². The number of amides is 1. The number of nitrogens with one attached hydrogen (secondary N) is 3. The minimum atomic E-state index is -1.06. The number of imidazole rings is 1. The van der Waals surface area contributed by atoms with Crippen LogP contribution in [0.2, 0.25) is 0 Å². The van der Waals surface area contributed by atoms with Gasteiger partial charge in [0.05, 0.1) is 23.5 Å². The number of ether oxygens (including phenoxy) is 2. The maximum atomic E-state index is 12.6. The summed E-state index contributed by atoms with van der Waals surface area (Å²) < 4.78 is 10.3. The lowest BCUT2D eigenvalue weighted by atomic mass is 10.0. The number of fused-ring (bicyclic) bond motifs is 1. The molecular formula is C37H30N6O6. The van der Waals surface area contributed by atoms with Crippen molar-refractivity contribution in [1.29, 1.82) is 0 Å². The van der Waals surface area contributed by atoms with Gasteiger partial charge in [-0.2, -0.15) is 0 Å². The number of aromatic nitrogens is 5. The Kier molecular flexibility index (Phi) is 9.66. The Bertz CT molecular complexity index is 2160. The van der Waals surface area contributed by atoms with Crippen LogP contribution in [0.25, 0.3) is 57.1 Å². The zero-order valence-electron chi connectivity index (χ0n) is 26.2. The second kappa shape index (κ2) is 14.7. The predicted octanol–water partition coefficient (Wildman–Crippen LogP) is 6.37. The van der Waals surface area contributed by atoms with Gasteiger partial charge in [-0.3, -0.25) is 9.89 Å². The molecule has 2 aromatic heterocycles. The van der Waals surface area contributed by atoms with E-state index in [0.29, 0.717) is 35.1 Å². The smallest absolute Gasteiger partial charge is 0.341 e. The second-order valence-electron chi connectivity index (χ2n) is 10.7. The van der Waals surface area contributed by atoms with Crippen LogP contribution in [0.5, 0.6) is 5.75 Å². The van der Waals surface area contributed by atoms with Crippen LogP contribution in [0, 0.1) is 0 Å². The Morgan fingerprint density at radius 1 is 0.837 bits per heavy atom. The number of benzene rings is 4. The molecule has 12 nitrogen and oxygen atoms in total. The molecule has 0 saturated heterocycles. The molecule has 4 N–H and O–H groups in total. The number of hydrogen-bond donors (Lipinski definition) is 4. The van der Waals surface area contributed by atoms with Gasteiger partial charge in [0.15, 0.2) is 6.61 Å². The van der Waals surface area contributed by atoms with Crippen LogP contribution in [0.1, 0.15) is 18.1 Å². The molecule has 0 spiro atoms. The molecule has 0 atom stereocenters. The molecule has 244 valence electrons. The summed E-state index contributed by atoms with van der Waals surface area (Å²) in [5, 5.41) is 22.3. The summed E-state index contributed by atoms with van der Waals surface area (Å²) in [4.78, 5) is 43.6. The molecule has 0 aliphatic heterocycles. The third kappa shape index (κ3) is 8.13. The number of carboxylic acids is 1. The molecule has 49 heavy (non-hydrogen) atoms. The summed E-state index contributed by atoms with van der Waals surface area (Å²) in [7, 11) is 0. The first-order valence-electron chi connectivity index (χ1n) is 15.3. The van der Waals surface area contributed by atoms with Crippen LogP contribution in [-0.2, 0) is 19.1 Å². The van der Waals surface area contributed by atoms with Crippen molar-refractivity contribution in [2.24, 2.45) is 0 Å². The molecule has 0 radical (unpaired) electrons. The van der Waals surface area contributed by atoms with E-state index >= 15 is 0 Å². The molecule has 0 bridgehead atoms. The normalized spacial score (nSPS) is 11.3. The van der Waals surface area contributed by atoms with E-state index in [0.717, 1.165) is 39.0 Å². The zero-order valence-corrected chi connectivity index (χ0v) is 26.2. The molecule has 4 aromatic carbocycles. The summed E-state index contributed by atoms with van der Waals surface area (Å²) in [6.07, 6.45) is 6.26. The Morgan fingerprint density at radius 2 is 1.51 bits per heavy atom. The summed E-state index contributed by atoms with van der Waals surface area (Å²) in [6, 6.07) is 27.6. The fourth-order valence-corrected chi connectivity index (χ4v) is 4.93. The van der Waals surface area contributed by atoms with Gasteiger partial charge in [-0.15, -0.1) is 5.10 Å². The molecule has 0 fully saturated rings. The Hall–Kier alpha value is -6.82. The van der Waals surface area contributed by atoms with E-state index in [4.69, 9.17) is 19.6 Å². The van der Waals surface area contributed by atoms with E-state index in [1.165, 1.54) is 12.2 Å². The number of esters is 1. The number of anilines is 1. The number of carbonyl (C=O) groups is 3. The summed E-state index contributed by atoms with van der Waals surface area (Å²) >= 11 is 0. The van der Waals surface area contributed by atoms with Crippen molar-refractivity contribution in [3.8, 4) is 39.7 Å². The van der Waals surface area contributed by atoms with Crippen molar-refractivity contribution >= 4 is 46.7 Å². The van der Waals surface area contributed by atoms with Crippen LogP contribution in [0.4, 0.5) is 5.69 Å². The predicted molar refractivity (Wildman–Crippen MR) is 185 cm³/mol. The van der Waals surface area contributed by atoms with E-state index in [9.17, 15) is 14.4 Å². The van der Waals surface area contributed by atoms with Crippen molar-refractivity contribution in [3.63, 3.8) is 0 Å². The van der Waals surface area contributed by atoms with Gasteiger partial charge < -0.3 is 24.9 Å². The lowest BCUT2D eigenvalue weighted by molar-refractivity contribution is -0.139. The van der Waals surface area contributed by atoms with Crippen LogP contribution in [-0.4, -0.2) is 61.5 Å². The van der Waals surface area contributed by atoms with E-state index in [-0.39, 0.29) is 5.91 Å². The first-order chi connectivity index (χ1) is 23.8. The number of carboxylic acid groups (broad SMARTS) is 1. The number of H-pyrrole nitrogens is 2. The van der Waals surface area contributed by atoms with Gasteiger partial charge in [-0.25, -0.2) is 14.6 Å². The summed E-state index contributed by atoms with van der Waals surface area (Å²) in [5.41, 5.74) is 7.62. The molecule has 2 heterocycles. The highest BCUT2D eigenvalue weighted by Crippen LogP contribution is 2.34. The Labute approximate surface area is 280 Å². The van der Waals surface area contributed by atoms with Crippen LogP contribution < -0.4 is 10.1 Å². The van der Waals surface area contributed by atoms with Gasteiger partial charge >= 0.3 is 11.9 Å². The average molecular weight is 655 g/mol. The van der Waals surface area contributed by atoms with Crippen LogP contribution in [0.3, 0.4) is 0 Å². The van der Waals surface area contributed by atoms with Gasteiger partial charge in [0.25, 0.3) is 0 Å². The standard InChI is InChI=1S/C37H30N6O6/c1-2-48-34(47)20-8-24-5-11-27(12-6-24)37-39-35(36(40-37)26-13-16-29(17-14-26)49-22-33(45)46)25-9-3-23(4-10-25)7-19-32(44)38-28-15-18-30-31(21-28)42-43-41-30/h3-21H,2,22H2,1H3,(H,38,44)(H,39,40)(H,45,46)(H,41,42,43). The summed E-state index contributed by atoms with van der Waals surface area (Å²) in [5.74, 6) is -0.697. The van der Waals surface area contributed by atoms with Crippen LogP contribution >= 0.6 is 0 Å². The number of aliphatic carboxylic acids is 1. The van der Waals surface area contributed by atoms with Gasteiger partial charge in [0, 0.05) is 34.5 Å². The second-order valence-corrected chi connectivity index (χ2v) is 10.7. The Morgan fingerprint density at radius 3 is 2.20 bits per heavy atom. The molecule has 0 aliphatic rings. The minimum Gasteiger partial charge on any atom is -0.482 e. The number of nitrogens with zero attached hydrogens (tertiary/aromatic N) is 3. The van der Waals surface area contributed by atoms with E-state index < -0.39 is 18.5 Å². The monoisotopic (exact) mass is 654 g/mol.